The van der Waals surface area contributed by atoms with E-state index in [1.54, 1.807) is 6.08 Å². The van der Waals surface area contributed by atoms with E-state index in [4.69, 9.17) is 5.73 Å². The van der Waals surface area contributed by atoms with Crippen LogP contribution in [-0.4, -0.2) is 60.5 Å². The number of amides is 1. The van der Waals surface area contributed by atoms with Crippen LogP contribution in [0.3, 0.4) is 0 Å². The second kappa shape index (κ2) is 7.80. The molecule has 1 aliphatic rings. The normalized spacial score (nSPS) is 17.6. The van der Waals surface area contributed by atoms with Crippen LogP contribution in [-0.2, 0) is 4.79 Å². The number of fused-ring (bicyclic) bond motifs is 1. The van der Waals surface area contributed by atoms with Crippen LogP contribution in [0.5, 0.6) is 0 Å². The number of benzene rings is 1. The minimum absolute atomic E-state index is 0.150. The van der Waals surface area contributed by atoms with Crippen LogP contribution in [0.25, 0.3) is 10.9 Å². The van der Waals surface area contributed by atoms with Crippen LogP contribution in [0.15, 0.2) is 30.4 Å². The van der Waals surface area contributed by atoms with Gasteiger partial charge in [0.2, 0.25) is 5.91 Å². The maximum atomic E-state index is 12.0. The molecular formula is C19H26N6O. The Morgan fingerprint density at radius 1 is 1.42 bits per heavy atom. The lowest BCUT2D eigenvalue weighted by molar-refractivity contribution is -0.111. The molecule has 0 aliphatic carbocycles. The Labute approximate surface area is 153 Å². The van der Waals surface area contributed by atoms with Gasteiger partial charge in [-0.2, -0.15) is 0 Å². The molecule has 7 nitrogen and oxygen atoms in total. The van der Waals surface area contributed by atoms with E-state index in [9.17, 15) is 4.79 Å². The summed E-state index contributed by atoms with van der Waals surface area (Å²) in [7, 11) is 3.91. The van der Waals surface area contributed by atoms with E-state index in [-0.39, 0.29) is 11.9 Å². The molecule has 1 aliphatic heterocycles. The van der Waals surface area contributed by atoms with Crippen molar-refractivity contribution in [1.82, 2.24) is 14.9 Å². The zero-order chi connectivity index (χ0) is 18.7. The maximum Gasteiger partial charge on any atom is 0.248 e. The van der Waals surface area contributed by atoms with Gasteiger partial charge in [0, 0.05) is 42.8 Å². The monoisotopic (exact) mass is 354 g/mol. The van der Waals surface area contributed by atoms with Gasteiger partial charge in [-0.05, 0) is 45.6 Å². The molecule has 0 saturated carbocycles. The number of nitrogens with one attached hydrogen (secondary N) is 1. The summed E-state index contributed by atoms with van der Waals surface area (Å²) >= 11 is 0. The van der Waals surface area contributed by atoms with E-state index in [1.165, 1.54) is 0 Å². The molecule has 1 fully saturated rings. The number of anilines is 2. The average molecular weight is 354 g/mol. The Hall–Kier alpha value is -2.51. The first-order valence-electron chi connectivity index (χ1n) is 8.83. The van der Waals surface area contributed by atoms with Gasteiger partial charge in [0.25, 0.3) is 0 Å². The van der Waals surface area contributed by atoms with Gasteiger partial charge >= 0.3 is 0 Å². The van der Waals surface area contributed by atoms with Gasteiger partial charge in [-0.3, -0.25) is 4.79 Å². The second-order valence-electron chi connectivity index (χ2n) is 6.97. The quantitative estimate of drug-likeness (QED) is 0.792. The molecule has 1 aromatic carbocycles. The van der Waals surface area contributed by atoms with Gasteiger partial charge in [0.15, 0.2) is 0 Å². The van der Waals surface area contributed by atoms with Crippen molar-refractivity contribution >= 4 is 28.3 Å². The van der Waals surface area contributed by atoms with E-state index in [2.05, 4.69) is 20.2 Å². The summed E-state index contributed by atoms with van der Waals surface area (Å²) in [5, 5.41) is 3.86. The topological polar surface area (TPSA) is 87.4 Å². The number of nitrogens with two attached hydrogens (primary N) is 1. The minimum atomic E-state index is -0.150. The summed E-state index contributed by atoms with van der Waals surface area (Å²) in [6.07, 6.45) is 4.35. The molecule has 1 atom stereocenters. The van der Waals surface area contributed by atoms with Gasteiger partial charge in [-0.1, -0.05) is 6.08 Å². The summed E-state index contributed by atoms with van der Waals surface area (Å²) < 4.78 is 0. The highest BCUT2D eigenvalue weighted by Gasteiger charge is 2.22. The Morgan fingerprint density at radius 2 is 2.23 bits per heavy atom. The van der Waals surface area contributed by atoms with Crippen LogP contribution < -0.4 is 16.0 Å². The summed E-state index contributed by atoms with van der Waals surface area (Å²) in [5.41, 5.74) is 7.58. The van der Waals surface area contributed by atoms with E-state index in [0.29, 0.717) is 5.82 Å². The number of likely N-dealkylation sites (N-methyl/N-ethyl adjacent to an activating group) is 1. The lowest BCUT2D eigenvalue weighted by atomic mass is 10.2. The molecule has 1 amide bonds. The third kappa shape index (κ3) is 4.36. The smallest absolute Gasteiger partial charge is 0.248 e. The zero-order valence-corrected chi connectivity index (χ0v) is 15.6. The number of hydrogen-bond acceptors (Lipinski definition) is 6. The lowest BCUT2D eigenvalue weighted by Gasteiger charge is -2.19. The van der Waals surface area contributed by atoms with Crippen LogP contribution in [0.4, 0.5) is 11.5 Å². The molecule has 1 saturated heterocycles. The molecule has 138 valence electrons. The molecule has 1 unspecified atom stereocenters. The van der Waals surface area contributed by atoms with Crippen molar-refractivity contribution in [1.29, 1.82) is 0 Å². The van der Waals surface area contributed by atoms with Gasteiger partial charge < -0.3 is 20.9 Å². The Kier molecular flexibility index (Phi) is 5.49. The molecule has 0 bridgehead atoms. The molecular weight excluding hydrogens is 328 g/mol. The molecule has 2 heterocycles. The minimum Gasteiger partial charge on any atom is -0.354 e. The first-order chi connectivity index (χ1) is 12.4. The fourth-order valence-corrected chi connectivity index (χ4v) is 3.08. The SMILES string of the molecule is Cc1nc(N2CCC(N)C2)c2ccc(NC(=O)/C=C/CN(C)C)cc2n1. The highest BCUT2D eigenvalue weighted by molar-refractivity contribution is 6.01. The second-order valence-corrected chi connectivity index (χ2v) is 6.97. The fraction of sp³-hybridized carbons (Fsp3) is 0.421. The standard InChI is InChI=1S/C19H26N6O/c1-13-21-17-11-15(23-18(26)5-4-9-24(2)3)6-7-16(17)19(22-13)25-10-8-14(20)12-25/h4-7,11,14H,8-10,12,20H2,1-3H3,(H,23,26)/b5-4+. The van der Waals surface area contributed by atoms with Crippen molar-refractivity contribution in [3.05, 3.63) is 36.2 Å². The number of hydrogen-bond donors (Lipinski definition) is 2. The van der Waals surface area contributed by atoms with Crippen molar-refractivity contribution in [2.24, 2.45) is 5.73 Å². The molecule has 3 N–H and O–H groups in total. The first-order valence-corrected chi connectivity index (χ1v) is 8.83. The highest BCUT2D eigenvalue weighted by atomic mass is 16.1. The molecule has 26 heavy (non-hydrogen) atoms. The Balaban J connectivity index is 1.82. The molecule has 0 radical (unpaired) electrons. The van der Waals surface area contributed by atoms with Gasteiger partial charge in [-0.25, -0.2) is 9.97 Å². The summed E-state index contributed by atoms with van der Waals surface area (Å²) in [5.74, 6) is 1.48. The van der Waals surface area contributed by atoms with Crippen LogP contribution in [0.1, 0.15) is 12.2 Å². The number of aromatic nitrogens is 2. The van der Waals surface area contributed by atoms with Crippen LogP contribution in [0, 0.1) is 6.92 Å². The molecule has 2 aromatic rings. The van der Waals surface area contributed by atoms with Crippen LogP contribution >= 0.6 is 0 Å². The van der Waals surface area contributed by atoms with E-state index >= 15 is 0 Å². The van der Waals surface area contributed by atoms with Gasteiger partial charge in [0.05, 0.1) is 5.52 Å². The number of carbonyl (C=O) groups is 1. The number of carbonyl (C=O) groups excluding carboxylic acids is 1. The van der Waals surface area contributed by atoms with Crippen LogP contribution in [0.2, 0.25) is 0 Å². The Morgan fingerprint density at radius 3 is 2.92 bits per heavy atom. The van der Waals surface area contributed by atoms with Crippen molar-refractivity contribution in [2.45, 2.75) is 19.4 Å². The zero-order valence-electron chi connectivity index (χ0n) is 15.6. The summed E-state index contributed by atoms with van der Waals surface area (Å²) in [6.45, 7) is 4.32. The third-order valence-corrected chi connectivity index (χ3v) is 4.32. The Bertz CT molecular complexity index is 832. The predicted molar refractivity (Wildman–Crippen MR) is 105 cm³/mol. The summed E-state index contributed by atoms with van der Waals surface area (Å²) in [4.78, 5) is 25.4. The fourth-order valence-electron chi connectivity index (χ4n) is 3.08. The first kappa shape index (κ1) is 18.3. The highest BCUT2D eigenvalue weighted by Crippen LogP contribution is 2.28. The van der Waals surface area contributed by atoms with E-state index < -0.39 is 0 Å². The molecule has 1 aromatic heterocycles. The van der Waals surface area contributed by atoms with Crippen molar-refractivity contribution in [3.8, 4) is 0 Å². The largest absolute Gasteiger partial charge is 0.354 e. The third-order valence-electron chi connectivity index (χ3n) is 4.32. The van der Waals surface area contributed by atoms with Crippen molar-refractivity contribution < 1.29 is 4.79 Å². The van der Waals surface area contributed by atoms with Gasteiger partial charge in [-0.15, -0.1) is 0 Å². The average Bonchev–Trinajstić information content (AvgIpc) is 2.99. The maximum absolute atomic E-state index is 12.0. The van der Waals surface area contributed by atoms with E-state index in [0.717, 1.165) is 48.5 Å². The van der Waals surface area contributed by atoms with Crippen molar-refractivity contribution in [2.75, 3.05) is 43.9 Å². The molecule has 0 spiro atoms. The van der Waals surface area contributed by atoms with Crippen molar-refractivity contribution in [3.63, 3.8) is 0 Å². The lowest BCUT2D eigenvalue weighted by Crippen LogP contribution is -2.27. The van der Waals surface area contributed by atoms with Gasteiger partial charge in [0.1, 0.15) is 11.6 Å². The number of rotatable bonds is 5. The van der Waals surface area contributed by atoms with E-state index in [1.807, 2.05) is 50.2 Å². The number of aryl methyl sites for hydroxylation is 1. The molecule has 3 rings (SSSR count). The number of nitrogens with zero attached hydrogens (tertiary/aromatic N) is 4. The predicted octanol–water partition coefficient (Wildman–Crippen LogP) is 1.53. The molecule has 7 heteroatoms. The summed E-state index contributed by atoms with van der Waals surface area (Å²) in [6, 6.07) is 5.93.